The fraction of sp³-hybridized carbons (Fsp3) is 0.875. The molecular formula is C8H11F3N2O. The zero-order chi connectivity index (χ0) is 10.3. The number of halogens is 3. The Morgan fingerprint density at radius 1 is 1.36 bits per heavy atom. The maximum absolute atomic E-state index is 12.5. The molecule has 1 atom stereocenters. The Bertz CT molecular complexity index is 249. The molecule has 1 amide bonds. The van der Waals surface area contributed by atoms with Crippen molar-refractivity contribution in [2.45, 2.75) is 31.1 Å². The van der Waals surface area contributed by atoms with E-state index in [2.05, 4.69) is 5.32 Å². The Balaban J connectivity index is 2.09. The van der Waals surface area contributed by atoms with Gasteiger partial charge in [-0.1, -0.05) is 0 Å². The van der Waals surface area contributed by atoms with E-state index in [4.69, 9.17) is 0 Å². The molecule has 0 aromatic rings. The summed E-state index contributed by atoms with van der Waals surface area (Å²) in [6, 6.07) is -1.53. The number of nitrogens with zero attached hydrogens (tertiary/aromatic N) is 1. The lowest BCUT2D eigenvalue weighted by Crippen LogP contribution is -2.60. The van der Waals surface area contributed by atoms with Crippen molar-refractivity contribution in [3.8, 4) is 0 Å². The van der Waals surface area contributed by atoms with Gasteiger partial charge in [0.1, 0.15) is 6.04 Å². The lowest BCUT2D eigenvalue weighted by molar-refractivity contribution is -0.190. The molecule has 6 heteroatoms. The summed E-state index contributed by atoms with van der Waals surface area (Å²) in [6.45, 7) is -0.423. The van der Waals surface area contributed by atoms with E-state index in [1.54, 1.807) is 0 Å². The van der Waals surface area contributed by atoms with Crippen LogP contribution < -0.4 is 5.32 Å². The van der Waals surface area contributed by atoms with Gasteiger partial charge in [-0.15, -0.1) is 0 Å². The van der Waals surface area contributed by atoms with E-state index in [0.717, 1.165) is 12.8 Å². The summed E-state index contributed by atoms with van der Waals surface area (Å²) in [5, 5.41) is 2.25. The van der Waals surface area contributed by atoms with Crippen LogP contribution in [-0.4, -0.2) is 42.2 Å². The van der Waals surface area contributed by atoms with E-state index >= 15 is 0 Å². The number of rotatable bonds is 1. The van der Waals surface area contributed by atoms with Crippen molar-refractivity contribution in [3.63, 3.8) is 0 Å². The first-order valence-electron chi connectivity index (χ1n) is 4.57. The van der Waals surface area contributed by atoms with Crippen LogP contribution in [-0.2, 0) is 4.79 Å². The van der Waals surface area contributed by atoms with Gasteiger partial charge >= 0.3 is 6.18 Å². The molecule has 2 fully saturated rings. The SMILES string of the molecule is O=C1CN(C2CC2)C(C(F)(F)F)CN1. The molecule has 2 aliphatic rings. The highest BCUT2D eigenvalue weighted by molar-refractivity contribution is 5.79. The van der Waals surface area contributed by atoms with Crippen molar-refractivity contribution < 1.29 is 18.0 Å². The minimum absolute atomic E-state index is 0.0346. The first-order chi connectivity index (χ1) is 6.48. The fourth-order valence-electron chi connectivity index (χ4n) is 1.75. The third kappa shape index (κ3) is 1.84. The van der Waals surface area contributed by atoms with Gasteiger partial charge in [-0.2, -0.15) is 13.2 Å². The van der Waals surface area contributed by atoms with Crippen LogP contribution in [0.25, 0.3) is 0 Å². The first-order valence-corrected chi connectivity index (χ1v) is 4.57. The summed E-state index contributed by atoms with van der Waals surface area (Å²) in [7, 11) is 0. The van der Waals surface area contributed by atoms with E-state index in [9.17, 15) is 18.0 Å². The van der Waals surface area contributed by atoms with Crippen LogP contribution in [0.4, 0.5) is 13.2 Å². The molecule has 1 unspecified atom stereocenters. The Hall–Kier alpha value is -0.780. The lowest BCUT2D eigenvalue weighted by Gasteiger charge is -2.36. The highest BCUT2D eigenvalue weighted by atomic mass is 19.4. The largest absolute Gasteiger partial charge is 0.405 e. The Kier molecular flexibility index (Phi) is 2.17. The van der Waals surface area contributed by atoms with Crippen molar-refractivity contribution in [1.29, 1.82) is 0 Å². The number of carbonyl (C=O) groups excluding carboxylic acids is 1. The molecule has 1 aliphatic heterocycles. The molecule has 1 N–H and O–H groups in total. The van der Waals surface area contributed by atoms with Crippen LogP contribution in [0.1, 0.15) is 12.8 Å². The van der Waals surface area contributed by atoms with Gasteiger partial charge in [0.2, 0.25) is 5.91 Å². The van der Waals surface area contributed by atoms with Gasteiger partial charge in [0.25, 0.3) is 0 Å². The third-order valence-corrected chi connectivity index (χ3v) is 2.61. The van der Waals surface area contributed by atoms with Gasteiger partial charge in [0.05, 0.1) is 6.54 Å². The molecule has 14 heavy (non-hydrogen) atoms. The smallest absolute Gasteiger partial charge is 0.353 e. The van der Waals surface area contributed by atoms with Crippen molar-refractivity contribution in [2.24, 2.45) is 0 Å². The highest BCUT2D eigenvalue weighted by Gasteiger charge is 2.50. The predicted octanol–water partition coefficient (Wildman–Crippen LogP) is 0.512. The number of hydrogen-bond acceptors (Lipinski definition) is 2. The zero-order valence-corrected chi connectivity index (χ0v) is 7.47. The van der Waals surface area contributed by atoms with Crippen molar-refractivity contribution in [2.75, 3.05) is 13.1 Å². The van der Waals surface area contributed by atoms with Crippen LogP contribution in [0, 0.1) is 0 Å². The molecule has 0 aromatic carbocycles. The van der Waals surface area contributed by atoms with Gasteiger partial charge in [-0.3, -0.25) is 9.69 Å². The summed E-state index contributed by atoms with van der Waals surface area (Å²) in [5.74, 6) is -0.308. The van der Waals surface area contributed by atoms with Crippen LogP contribution in [0.2, 0.25) is 0 Å². The van der Waals surface area contributed by atoms with Crippen LogP contribution >= 0.6 is 0 Å². The Morgan fingerprint density at radius 3 is 2.50 bits per heavy atom. The summed E-state index contributed by atoms with van der Waals surface area (Å²) in [4.78, 5) is 12.2. The number of nitrogens with one attached hydrogen (secondary N) is 1. The Labute approximate surface area is 79.3 Å². The van der Waals surface area contributed by atoms with Crippen molar-refractivity contribution in [1.82, 2.24) is 10.2 Å². The second-order valence-corrected chi connectivity index (χ2v) is 3.76. The fourth-order valence-corrected chi connectivity index (χ4v) is 1.75. The molecule has 1 aliphatic carbocycles. The van der Waals surface area contributed by atoms with E-state index in [1.807, 2.05) is 0 Å². The molecule has 2 rings (SSSR count). The minimum Gasteiger partial charge on any atom is -0.353 e. The number of piperazine rings is 1. The molecule has 0 radical (unpaired) electrons. The van der Waals surface area contributed by atoms with E-state index < -0.39 is 12.2 Å². The maximum atomic E-state index is 12.5. The van der Waals surface area contributed by atoms with Gasteiger partial charge < -0.3 is 5.32 Å². The molecule has 0 spiro atoms. The molecule has 0 bridgehead atoms. The average molecular weight is 208 g/mol. The molecule has 1 saturated carbocycles. The van der Waals surface area contributed by atoms with Crippen LogP contribution in [0.3, 0.4) is 0 Å². The monoisotopic (exact) mass is 208 g/mol. The van der Waals surface area contributed by atoms with E-state index in [1.165, 1.54) is 4.90 Å². The molecule has 1 saturated heterocycles. The molecule has 3 nitrogen and oxygen atoms in total. The lowest BCUT2D eigenvalue weighted by atomic mass is 10.1. The van der Waals surface area contributed by atoms with E-state index in [0.29, 0.717) is 0 Å². The number of amides is 1. The highest BCUT2D eigenvalue weighted by Crippen LogP contribution is 2.35. The number of hydrogen-bond donors (Lipinski definition) is 1. The van der Waals surface area contributed by atoms with Crippen LogP contribution in [0.5, 0.6) is 0 Å². The van der Waals surface area contributed by atoms with Gasteiger partial charge in [0, 0.05) is 12.6 Å². The standard InChI is InChI=1S/C8H11F3N2O/c9-8(10,11)6-3-12-7(14)4-13(6)5-1-2-5/h5-6H,1-4H2,(H,12,14). The molecular weight excluding hydrogens is 197 g/mol. The topological polar surface area (TPSA) is 32.3 Å². The summed E-state index contributed by atoms with van der Waals surface area (Å²) in [6.07, 6.45) is -2.68. The third-order valence-electron chi connectivity index (χ3n) is 2.61. The maximum Gasteiger partial charge on any atom is 0.405 e. The van der Waals surface area contributed by atoms with Gasteiger partial charge in [-0.25, -0.2) is 0 Å². The minimum atomic E-state index is -4.24. The Morgan fingerprint density at radius 2 is 2.00 bits per heavy atom. The second kappa shape index (κ2) is 3.12. The zero-order valence-electron chi connectivity index (χ0n) is 7.47. The quantitative estimate of drug-likeness (QED) is 0.681. The van der Waals surface area contributed by atoms with Crippen molar-refractivity contribution >= 4 is 5.91 Å². The molecule has 1 heterocycles. The average Bonchev–Trinajstić information content (AvgIpc) is 2.83. The van der Waals surface area contributed by atoms with Gasteiger partial charge in [0.15, 0.2) is 0 Å². The van der Waals surface area contributed by atoms with E-state index in [-0.39, 0.29) is 25.0 Å². The number of alkyl halides is 3. The number of carbonyl (C=O) groups is 1. The first kappa shape index (κ1) is 9.76. The van der Waals surface area contributed by atoms with Crippen LogP contribution in [0.15, 0.2) is 0 Å². The molecule has 0 aromatic heterocycles. The second-order valence-electron chi connectivity index (χ2n) is 3.76. The summed E-state index contributed by atoms with van der Waals surface area (Å²) < 4.78 is 37.5. The molecule has 80 valence electrons. The predicted molar refractivity (Wildman–Crippen MR) is 42.6 cm³/mol. The van der Waals surface area contributed by atoms with Crippen molar-refractivity contribution in [3.05, 3.63) is 0 Å². The summed E-state index contributed by atoms with van der Waals surface area (Å²) >= 11 is 0. The summed E-state index contributed by atoms with van der Waals surface area (Å²) in [5.41, 5.74) is 0. The van der Waals surface area contributed by atoms with Gasteiger partial charge in [-0.05, 0) is 12.8 Å². The normalized spacial score (nSPS) is 30.2.